The Balaban J connectivity index is 2.12. The van der Waals surface area contributed by atoms with Gasteiger partial charge in [-0.2, -0.15) is 0 Å². The minimum Gasteiger partial charge on any atom is -0.489 e. The summed E-state index contributed by atoms with van der Waals surface area (Å²) in [7, 11) is 0. The van der Waals surface area contributed by atoms with Gasteiger partial charge in [0.1, 0.15) is 12.4 Å². The standard InChI is InChI=1S/C18H24N2O/c1-4-17(20-5-2)16-8-6-7-9-18(16)21-13-15-10-14(3)11-19-12-15/h6-12,17,20H,4-5,13H2,1-3H3. The number of pyridine rings is 1. The van der Waals surface area contributed by atoms with Crippen LogP contribution in [0.25, 0.3) is 0 Å². The lowest BCUT2D eigenvalue weighted by atomic mass is 10.0. The zero-order valence-electron chi connectivity index (χ0n) is 13.1. The maximum Gasteiger partial charge on any atom is 0.124 e. The van der Waals surface area contributed by atoms with Crippen molar-refractivity contribution in [2.24, 2.45) is 0 Å². The first kappa shape index (κ1) is 15.5. The normalized spacial score (nSPS) is 12.1. The summed E-state index contributed by atoms with van der Waals surface area (Å²) in [5, 5.41) is 3.50. The van der Waals surface area contributed by atoms with Gasteiger partial charge in [-0.3, -0.25) is 4.98 Å². The lowest BCUT2D eigenvalue weighted by Gasteiger charge is -2.20. The molecule has 0 aliphatic carbocycles. The summed E-state index contributed by atoms with van der Waals surface area (Å²) in [6.07, 6.45) is 4.76. The summed E-state index contributed by atoms with van der Waals surface area (Å²) < 4.78 is 6.03. The maximum absolute atomic E-state index is 6.03. The lowest BCUT2D eigenvalue weighted by Crippen LogP contribution is -2.20. The Morgan fingerprint density at radius 3 is 2.71 bits per heavy atom. The fourth-order valence-corrected chi connectivity index (χ4v) is 2.48. The Kier molecular flexibility index (Phi) is 5.76. The van der Waals surface area contributed by atoms with Crippen LogP contribution >= 0.6 is 0 Å². The number of rotatable bonds is 7. The zero-order valence-corrected chi connectivity index (χ0v) is 13.1. The highest BCUT2D eigenvalue weighted by Crippen LogP contribution is 2.27. The number of aryl methyl sites for hydroxylation is 1. The van der Waals surface area contributed by atoms with Crippen LogP contribution < -0.4 is 10.1 Å². The molecule has 112 valence electrons. The summed E-state index contributed by atoms with van der Waals surface area (Å²) >= 11 is 0. The number of ether oxygens (including phenoxy) is 1. The van der Waals surface area contributed by atoms with E-state index in [2.05, 4.69) is 42.3 Å². The molecule has 0 spiro atoms. The van der Waals surface area contributed by atoms with E-state index in [1.807, 2.05) is 31.5 Å². The van der Waals surface area contributed by atoms with Gasteiger partial charge in [0.05, 0.1) is 0 Å². The quantitative estimate of drug-likeness (QED) is 0.833. The van der Waals surface area contributed by atoms with Crippen LogP contribution in [0.2, 0.25) is 0 Å². The topological polar surface area (TPSA) is 34.1 Å². The molecule has 0 aliphatic rings. The van der Waals surface area contributed by atoms with E-state index in [-0.39, 0.29) is 0 Å². The number of para-hydroxylation sites is 1. The van der Waals surface area contributed by atoms with Crippen LogP contribution in [-0.2, 0) is 6.61 Å². The smallest absolute Gasteiger partial charge is 0.124 e. The number of nitrogens with zero attached hydrogens (tertiary/aromatic N) is 1. The SMILES string of the molecule is CCNC(CC)c1ccccc1OCc1cncc(C)c1. The maximum atomic E-state index is 6.03. The molecule has 2 aromatic rings. The number of hydrogen-bond acceptors (Lipinski definition) is 3. The van der Waals surface area contributed by atoms with Crippen molar-refractivity contribution in [2.75, 3.05) is 6.54 Å². The Hall–Kier alpha value is -1.87. The highest BCUT2D eigenvalue weighted by molar-refractivity contribution is 5.36. The van der Waals surface area contributed by atoms with Crippen molar-refractivity contribution in [1.29, 1.82) is 0 Å². The predicted molar refractivity (Wildman–Crippen MR) is 86.5 cm³/mol. The van der Waals surface area contributed by atoms with Gasteiger partial charge in [-0.15, -0.1) is 0 Å². The van der Waals surface area contributed by atoms with Gasteiger partial charge in [0.15, 0.2) is 0 Å². The van der Waals surface area contributed by atoms with Crippen molar-refractivity contribution in [3.05, 3.63) is 59.4 Å². The van der Waals surface area contributed by atoms with Gasteiger partial charge in [0.2, 0.25) is 0 Å². The van der Waals surface area contributed by atoms with Crippen molar-refractivity contribution in [3.8, 4) is 5.75 Å². The fraction of sp³-hybridized carbons (Fsp3) is 0.389. The number of nitrogens with one attached hydrogen (secondary N) is 1. The molecule has 1 unspecified atom stereocenters. The highest BCUT2D eigenvalue weighted by atomic mass is 16.5. The number of hydrogen-bond donors (Lipinski definition) is 1. The molecule has 2 rings (SSSR count). The summed E-state index contributed by atoms with van der Waals surface area (Å²) in [6, 6.07) is 10.7. The van der Waals surface area contributed by atoms with E-state index in [1.165, 1.54) is 5.56 Å². The molecule has 0 saturated carbocycles. The Labute approximate surface area is 127 Å². The van der Waals surface area contributed by atoms with Gasteiger partial charge in [0, 0.05) is 29.6 Å². The summed E-state index contributed by atoms with van der Waals surface area (Å²) in [6.45, 7) is 7.87. The first-order valence-corrected chi connectivity index (χ1v) is 7.60. The van der Waals surface area contributed by atoms with E-state index < -0.39 is 0 Å². The first-order chi connectivity index (χ1) is 10.2. The summed E-state index contributed by atoms with van der Waals surface area (Å²) in [5.41, 5.74) is 3.48. The molecule has 1 atom stereocenters. The second kappa shape index (κ2) is 7.79. The molecular weight excluding hydrogens is 260 g/mol. The molecule has 0 bridgehead atoms. The fourth-order valence-electron chi connectivity index (χ4n) is 2.48. The second-order valence-corrected chi connectivity index (χ2v) is 5.22. The molecule has 1 aromatic carbocycles. The van der Waals surface area contributed by atoms with Crippen LogP contribution in [0.4, 0.5) is 0 Å². The van der Waals surface area contributed by atoms with E-state index in [4.69, 9.17) is 4.74 Å². The Bertz CT molecular complexity index is 569. The molecule has 1 heterocycles. The van der Waals surface area contributed by atoms with Crippen molar-refractivity contribution < 1.29 is 4.74 Å². The van der Waals surface area contributed by atoms with Gasteiger partial charge in [-0.1, -0.05) is 32.0 Å². The van der Waals surface area contributed by atoms with Crippen molar-refractivity contribution in [1.82, 2.24) is 10.3 Å². The van der Waals surface area contributed by atoms with Gasteiger partial charge < -0.3 is 10.1 Å². The minimum absolute atomic E-state index is 0.335. The monoisotopic (exact) mass is 284 g/mol. The van der Waals surface area contributed by atoms with Crippen molar-refractivity contribution in [2.45, 2.75) is 39.8 Å². The molecule has 0 saturated heterocycles. The third-order valence-electron chi connectivity index (χ3n) is 3.48. The first-order valence-electron chi connectivity index (χ1n) is 7.60. The Morgan fingerprint density at radius 1 is 1.19 bits per heavy atom. The zero-order chi connectivity index (χ0) is 15.1. The third-order valence-corrected chi connectivity index (χ3v) is 3.48. The molecule has 0 amide bonds. The van der Waals surface area contributed by atoms with E-state index >= 15 is 0 Å². The van der Waals surface area contributed by atoms with Gasteiger partial charge in [0.25, 0.3) is 0 Å². The van der Waals surface area contributed by atoms with Gasteiger partial charge >= 0.3 is 0 Å². The summed E-state index contributed by atoms with van der Waals surface area (Å²) in [4.78, 5) is 4.21. The molecule has 21 heavy (non-hydrogen) atoms. The van der Waals surface area contributed by atoms with Gasteiger partial charge in [-0.25, -0.2) is 0 Å². The lowest BCUT2D eigenvalue weighted by molar-refractivity contribution is 0.298. The van der Waals surface area contributed by atoms with Crippen molar-refractivity contribution in [3.63, 3.8) is 0 Å². The van der Waals surface area contributed by atoms with Crippen LogP contribution in [0.3, 0.4) is 0 Å². The molecule has 3 nitrogen and oxygen atoms in total. The largest absolute Gasteiger partial charge is 0.489 e. The molecule has 1 N–H and O–H groups in total. The van der Waals surface area contributed by atoms with Crippen LogP contribution in [-0.4, -0.2) is 11.5 Å². The number of benzene rings is 1. The molecular formula is C18H24N2O. The van der Waals surface area contributed by atoms with E-state index in [1.54, 1.807) is 0 Å². The molecule has 0 fully saturated rings. The van der Waals surface area contributed by atoms with E-state index in [0.29, 0.717) is 12.6 Å². The van der Waals surface area contributed by atoms with E-state index in [9.17, 15) is 0 Å². The minimum atomic E-state index is 0.335. The molecule has 3 heteroatoms. The van der Waals surface area contributed by atoms with E-state index in [0.717, 1.165) is 29.8 Å². The predicted octanol–water partition coefficient (Wildman–Crippen LogP) is 4.03. The van der Waals surface area contributed by atoms with Crippen LogP contribution in [0.5, 0.6) is 5.75 Å². The average molecular weight is 284 g/mol. The third kappa shape index (κ3) is 4.30. The van der Waals surface area contributed by atoms with Crippen LogP contribution in [0.1, 0.15) is 43.0 Å². The average Bonchev–Trinajstić information content (AvgIpc) is 2.51. The van der Waals surface area contributed by atoms with Crippen LogP contribution in [0.15, 0.2) is 42.7 Å². The molecule has 1 aromatic heterocycles. The van der Waals surface area contributed by atoms with Gasteiger partial charge in [-0.05, 0) is 37.6 Å². The Morgan fingerprint density at radius 2 is 2.00 bits per heavy atom. The van der Waals surface area contributed by atoms with Crippen molar-refractivity contribution >= 4 is 0 Å². The number of aromatic nitrogens is 1. The second-order valence-electron chi connectivity index (χ2n) is 5.22. The molecule has 0 aliphatic heterocycles. The highest BCUT2D eigenvalue weighted by Gasteiger charge is 2.13. The summed E-state index contributed by atoms with van der Waals surface area (Å²) in [5.74, 6) is 0.951. The molecule has 0 radical (unpaired) electrons. The van der Waals surface area contributed by atoms with Crippen LogP contribution in [0, 0.1) is 6.92 Å².